The molecule has 0 fully saturated rings. The standard InChI is InChI=1S/C32H27N3O4S/c1-20(33-32(39)25-10-8-24(9-11-25)23-6-4-3-5-7-23)31(38)34-26-12-13-29-27(16-26)30(37)28(21(2)36)18-35(29)17-22-14-15-40-19-22/h3-16,18-20H,17H2,1-2H3,(H,33,39)(H,34,38)/t20-/m0/s1. The van der Waals surface area contributed by atoms with E-state index in [0.717, 1.165) is 16.7 Å². The Labute approximate surface area is 235 Å². The highest BCUT2D eigenvalue weighted by molar-refractivity contribution is 7.07. The number of carbonyl (C=O) groups is 3. The topological polar surface area (TPSA) is 97.3 Å². The zero-order chi connectivity index (χ0) is 28.2. The van der Waals surface area contributed by atoms with E-state index in [2.05, 4.69) is 10.6 Å². The van der Waals surface area contributed by atoms with Crippen LogP contribution in [-0.2, 0) is 11.3 Å². The van der Waals surface area contributed by atoms with Gasteiger partial charge in [0, 0.05) is 29.4 Å². The number of rotatable bonds is 8. The number of nitrogens with one attached hydrogen (secondary N) is 2. The van der Waals surface area contributed by atoms with E-state index in [9.17, 15) is 19.2 Å². The summed E-state index contributed by atoms with van der Waals surface area (Å²) in [5.74, 6) is -1.13. The minimum atomic E-state index is -0.837. The molecule has 200 valence electrons. The van der Waals surface area contributed by atoms with E-state index in [1.807, 2.05) is 63.9 Å². The Morgan fingerprint density at radius 3 is 2.33 bits per heavy atom. The fourth-order valence-corrected chi connectivity index (χ4v) is 5.14. The van der Waals surface area contributed by atoms with Gasteiger partial charge in [0.15, 0.2) is 11.2 Å². The Balaban J connectivity index is 1.32. The summed E-state index contributed by atoms with van der Waals surface area (Å²) < 4.78 is 1.87. The predicted octanol–water partition coefficient (Wildman–Crippen LogP) is 5.74. The lowest BCUT2D eigenvalue weighted by Gasteiger charge is -2.16. The molecule has 0 radical (unpaired) electrons. The van der Waals surface area contributed by atoms with Gasteiger partial charge in [-0.2, -0.15) is 11.3 Å². The minimum absolute atomic E-state index is 0.0881. The number of hydrogen-bond donors (Lipinski definition) is 2. The maximum Gasteiger partial charge on any atom is 0.251 e. The molecule has 0 aliphatic carbocycles. The van der Waals surface area contributed by atoms with E-state index in [0.29, 0.717) is 28.7 Å². The summed E-state index contributed by atoms with van der Waals surface area (Å²) in [6, 6.07) is 23.2. The molecule has 0 spiro atoms. The zero-order valence-electron chi connectivity index (χ0n) is 22.0. The second-order valence-corrected chi connectivity index (χ2v) is 10.3. The van der Waals surface area contributed by atoms with Gasteiger partial charge in [-0.25, -0.2) is 0 Å². The van der Waals surface area contributed by atoms with E-state index in [4.69, 9.17) is 0 Å². The molecule has 2 aromatic heterocycles. The Morgan fingerprint density at radius 2 is 1.65 bits per heavy atom. The van der Waals surface area contributed by atoms with Gasteiger partial charge in [0.25, 0.3) is 5.91 Å². The third-order valence-electron chi connectivity index (χ3n) is 6.66. The van der Waals surface area contributed by atoms with Crippen molar-refractivity contribution in [3.05, 3.63) is 123 Å². The first-order chi connectivity index (χ1) is 19.3. The second-order valence-electron chi connectivity index (χ2n) is 9.55. The summed E-state index contributed by atoms with van der Waals surface area (Å²) in [7, 11) is 0. The average molecular weight is 550 g/mol. The van der Waals surface area contributed by atoms with Crippen molar-refractivity contribution < 1.29 is 14.4 Å². The molecule has 2 heterocycles. The highest BCUT2D eigenvalue weighted by Gasteiger charge is 2.18. The second kappa shape index (κ2) is 11.5. The Hall–Kier alpha value is -4.82. The van der Waals surface area contributed by atoms with Crippen LogP contribution in [0.15, 0.2) is 101 Å². The maximum absolute atomic E-state index is 13.1. The maximum atomic E-state index is 13.1. The van der Waals surface area contributed by atoms with E-state index in [-0.39, 0.29) is 22.7 Å². The lowest BCUT2D eigenvalue weighted by molar-refractivity contribution is -0.117. The molecule has 5 aromatic rings. The Bertz CT molecular complexity index is 1760. The van der Waals surface area contributed by atoms with Crippen LogP contribution in [-0.4, -0.2) is 28.2 Å². The van der Waals surface area contributed by atoms with Crippen LogP contribution in [0.5, 0.6) is 0 Å². The van der Waals surface area contributed by atoms with Crippen LogP contribution in [0.2, 0.25) is 0 Å². The van der Waals surface area contributed by atoms with Crippen molar-refractivity contribution in [1.29, 1.82) is 0 Å². The summed E-state index contributed by atoms with van der Waals surface area (Å²) in [6.45, 7) is 3.46. The smallest absolute Gasteiger partial charge is 0.251 e. The summed E-state index contributed by atoms with van der Waals surface area (Å²) in [6.07, 6.45) is 1.59. The Morgan fingerprint density at radius 1 is 0.925 bits per heavy atom. The van der Waals surface area contributed by atoms with Crippen molar-refractivity contribution in [3.63, 3.8) is 0 Å². The van der Waals surface area contributed by atoms with E-state index < -0.39 is 11.9 Å². The van der Waals surface area contributed by atoms with E-state index >= 15 is 0 Å². The molecule has 0 saturated carbocycles. The summed E-state index contributed by atoms with van der Waals surface area (Å²) in [5, 5.41) is 9.81. The highest BCUT2D eigenvalue weighted by Crippen LogP contribution is 2.21. The number of aromatic nitrogens is 1. The van der Waals surface area contributed by atoms with E-state index in [1.54, 1.807) is 54.8 Å². The lowest BCUT2D eigenvalue weighted by atomic mass is 10.0. The number of hydrogen-bond acceptors (Lipinski definition) is 5. The van der Waals surface area contributed by atoms with Crippen LogP contribution in [0.25, 0.3) is 22.0 Å². The summed E-state index contributed by atoms with van der Waals surface area (Å²) in [5.41, 5.74) is 4.28. The predicted molar refractivity (Wildman–Crippen MR) is 159 cm³/mol. The van der Waals surface area contributed by atoms with Crippen LogP contribution in [0.3, 0.4) is 0 Å². The van der Waals surface area contributed by atoms with Gasteiger partial charge >= 0.3 is 0 Å². The molecule has 0 bridgehead atoms. The number of thiophene rings is 1. The lowest BCUT2D eigenvalue weighted by Crippen LogP contribution is -2.41. The van der Waals surface area contributed by atoms with Gasteiger partial charge in [-0.05, 0) is 77.7 Å². The van der Waals surface area contributed by atoms with Crippen molar-refractivity contribution in [2.24, 2.45) is 0 Å². The number of carbonyl (C=O) groups excluding carboxylic acids is 3. The number of fused-ring (bicyclic) bond motifs is 1. The summed E-state index contributed by atoms with van der Waals surface area (Å²) >= 11 is 1.57. The SMILES string of the molecule is CC(=O)c1cn(Cc2ccsc2)c2ccc(NC(=O)[C@H](C)NC(=O)c3ccc(-c4ccccc4)cc3)cc2c1=O. The molecule has 0 saturated heterocycles. The molecule has 2 amide bonds. The van der Waals surface area contributed by atoms with Gasteiger partial charge in [-0.15, -0.1) is 0 Å². The third-order valence-corrected chi connectivity index (χ3v) is 7.39. The zero-order valence-corrected chi connectivity index (χ0v) is 22.8. The fourth-order valence-electron chi connectivity index (χ4n) is 4.48. The van der Waals surface area contributed by atoms with Crippen molar-refractivity contribution in [3.8, 4) is 11.1 Å². The van der Waals surface area contributed by atoms with Crippen molar-refractivity contribution >= 4 is 45.5 Å². The average Bonchev–Trinajstić information content (AvgIpc) is 3.48. The highest BCUT2D eigenvalue weighted by atomic mass is 32.1. The van der Waals surface area contributed by atoms with E-state index in [1.165, 1.54) is 6.92 Å². The van der Waals surface area contributed by atoms with Crippen molar-refractivity contribution in [2.75, 3.05) is 5.32 Å². The van der Waals surface area contributed by atoms with Crippen LogP contribution in [0, 0.1) is 0 Å². The quantitative estimate of drug-likeness (QED) is 0.241. The van der Waals surface area contributed by atoms with Gasteiger partial charge < -0.3 is 15.2 Å². The van der Waals surface area contributed by atoms with Crippen LogP contribution in [0.1, 0.15) is 40.1 Å². The van der Waals surface area contributed by atoms with Crippen molar-refractivity contribution in [1.82, 2.24) is 9.88 Å². The first kappa shape index (κ1) is 26.8. The largest absolute Gasteiger partial charge is 0.342 e. The molecule has 7 nitrogen and oxygen atoms in total. The molecule has 1 atom stereocenters. The molecule has 0 aliphatic heterocycles. The molecule has 8 heteroatoms. The van der Waals surface area contributed by atoms with Gasteiger partial charge in [-0.3, -0.25) is 19.2 Å². The van der Waals surface area contributed by atoms with Gasteiger partial charge in [0.1, 0.15) is 6.04 Å². The third kappa shape index (κ3) is 5.77. The van der Waals surface area contributed by atoms with Crippen LogP contribution < -0.4 is 16.1 Å². The molecule has 3 aromatic carbocycles. The fraction of sp³-hybridized carbons (Fsp3) is 0.125. The number of Topliss-reactive ketones (excluding diaryl/α,β-unsaturated/α-hetero) is 1. The molecule has 0 unspecified atom stereocenters. The van der Waals surface area contributed by atoms with Gasteiger partial charge in [0.2, 0.25) is 5.91 Å². The van der Waals surface area contributed by atoms with Crippen molar-refractivity contribution in [2.45, 2.75) is 26.4 Å². The Kier molecular flexibility index (Phi) is 7.70. The van der Waals surface area contributed by atoms with Crippen LogP contribution >= 0.6 is 11.3 Å². The number of amides is 2. The van der Waals surface area contributed by atoms with Gasteiger partial charge in [-0.1, -0.05) is 42.5 Å². The normalized spacial score (nSPS) is 11.7. The van der Waals surface area contributed by atoms with Gasteiger partial charge in [0.05, 0.1) is 11.1 Å². The molecule has 0 aliphatic rings. The number of ketones is 1. The monoisotopic (exact) mass is 549 g/mol. The number of benzene rings is 3. The van der Waals surface area contributed by atoms with Crippen LogP contribution in [0.4, 0.5) is 5.69 Å². The number of anilines is 1. The molecule has 40 heavy (non-hydrogen) atoms. The minimum Gasteiger partial charge on any atom is -0.342 e. The summed E-state index contributed by atoms with van der Waals surface area (Å²) in [4.78, 5) is 51.0. The first-order valence-corrected chi connectivity index (χ1v) is 13.7. The first-order valence-electron chi connectivity index (χ1n) is 12.8. The molecular formula is C32H27N3O4S. The molecular weight excluding hydrogens is 522 g/mol. The molecule has 5 rings (SSSR count). The number of pyridine rings is 1. The number of nitrogens with zero attached hydrogens (tertiary/aromatic N) is 1. The molecule has 2 N–H and O–H groups in total.